The van der Waals surface area contributed by atoms with Crippen molar-refractivity contribution in [2.24, 2.45) is 0 Å². The van der Waals surface area contributed by atoms with Crippen LogP contribution in [0.25, 0.3) is 0 Å². The molecule has 1 atom stereocenters. The van der Waals surface area contributed by atoms with Gasteiger partial charge in [0.05, 0.1) is 40.0 Å². The van der Waals surface area contributed by atoms with E-state index in [1.54, 1.807) is 0 Å². The largest absolute Gasteiger partial charge is 0.491 e. The van der Waals surface area contributed by atoms with E-state index in [2.05, 4.69) is 4.74 Å². The molecular formula is C11H11ClO4S. The number of ether oxygens (including phenoxy) is 2. The molecule has 0 N–H and O–H groups in total. The van der Waals surface area contributed by atoms with Crippen molar-refractivity contribution in [3.05, 3.63) is 22.7 Å². The summed E-state index contributed by atoms with van der Waals surface area (Å²) in [6, 6.07) is 2.99. The number of carbonyl (C=O) groups excluding carboxylic acids is 1. The summed E-state index contributed by atoms with van der Waals surface area (Å²) in [6.07, 6.45) is 0.700. The minimum absolute atomic E-state index is 0.287. The highest BCUT2D eigenvalue weighted by Crippen LogP contribution is 2.34. The van der Waals surface area contributed by atoms with E-state index < -0.39 is 16.8 Å². The first-order valence-electron chi connectivity index (χ1n) is 5.06. The van der Waals surface area contributed by atoms with Gasteiger partial charge in [0.15, 0.2) is 5.75 Å². The molecule has 0 radical (unpaired) electrons. The average Bonchev–Trinajstić information content (AvgIpc) is 2.51. The van der Waals surface area contributed by atoms with Gasteiger partial charge in [0.2, 0.25) is 0 Å². The summed E-state index contributed by atoms with van der Waals surface area (Å²) in [7, 11) is 0.0983. The van der Waals surface area contributed by atoms with Gasteiger partial charge in [-0.2, -0.15) is 0 Å². The van der Waals surface area contributed by atoms with E-state index in [1.807, 2.05) is 0 Å². The predicted octanol–water partition coefficient (Wildman–Crippen LogP) is 2.02. The van der Waals surface area contributed by atoms with Crippen LogP contribution in [0.1, 0.15) is 16.8 Å². The molecule has 2 rings (SSSR count). The Hall–Kier alpha value is -1.07. The minimum Gasteiger partial charge on any atom is -0.491 e. The van der Waals surface area contributed by atoms with Crippen molar-refractivity contribution in [3.8, 4) is 5.75 Å². The van der Waals surface area contributed by atoms with Crippen LogP contribution in [0, 0.1) is 0 Å². The van der Waals surface area contributed by atoms with Crippen molar-refractivity contribution in [2.45, 2.75) is 11.3 Å². The van der Waals surface area contributed by atoms with E-state index in [-0.39, 0.29) is 10.6 Å². The molecule has 0 fully saturated rings. The molecule has 0 aliphatic carbocycles. The summed E-state index contributed by atoms with van der Waals surface area (Å²) < 4.78 is 22.0. The van der Waals surface area contributed by atoms with Crippen molar-refractivity contribution in [3.63, 3.8) is 0 Å². The Morgan fingerprint density at radius 2 is 2.29 bits per heavy atom. The lowest BCUT2D eigenvalue weighted by Gasteiger charge is -2.10. The summed E-state index contributed by atoms with van der Waals surface area (Å²) in [6.45, 7) is 0.482. The number of carbonyl (C=O) groups is 1. The number of hydrogen-bond donors (Lipinski definition) is 0. The highest BCUT2D eigenvalue weighted by atomic mass is 35.5. The fraction of sp³-hybridized carbons (Fsp3) is 0.364. The molecule has 0 aromatic heterocycles. The second-order valence-corrected chi connectivity index (χ2v) is 5.47. The SMILES string of the molecule is COC(=O)c1cc(Cl)c2c(c1)S(=O)CCCO2. The molecule has 0 bridgehead atoms. The van der Waals surface area contributed by atoms with Crippen molar-refractivity contribution in [2.75, 3.05) is 19.5 Å². The number of methoxy groups -OCH3 is 1. The van der Waals surface area contributed by atoms with Gasteiger partial charge < -0.3 is 9.47 Å². The zero-order chi connectivity index (χ0) is 12.4. The van der Waals surface area contributed by atoms with Crippen LogP contribution < -0.4 is 4.74 Å². The first-order valence-corrected chi connectivity index (χ1v) is 6.76. The monoisotopic (exact) mass is 274 g/mol. The van der Waals surface area contributed by atoms with Gasteiger partial charge in [0.25, 0.3) is 0 Å². The fourth-order valence-electron chi connectivity index (χ4n) is 1.59. The molecule has 4 nitrogen and oxygen atoms in total. The quantitative estimate of drug-likeness (QED) is 0.735. The Balaban J connectivity index is 2.54. The van der Waals surface area contributed by atoms with Crippen LogP contribution in [-0.4, -0.2) is 29.6 Å². The van der Waals surface area contributed by atoms with Crippen molar-refractivity contribution >= 4 is 28.4 Å². The summed E-state index contributed by atoms with van der Waals surface area (Å²) in [5.74, 6) is 0.416. The van der Waals surface area contributed by atoms with E-state index in [9.17, 15) is 9.00 Å². The zero-order valence-corrected chi connectivity index (χ0v) is 10.8. The van der Waals surface area contributed by atoms with Gasteiger partial charge in [0.1, 0.15) is 0 Å². The molecule has 1 aliphatic rings. The molecule has 1 heterocycles. The Kier molecular flexibility index (Phi) is 3.69. The Labute approximate surface area is 106 Å². The van der Waals surface area contributed by atoms with Crippen LogP contribution in [0.3, 0.4) is 0 Å². The van der Waals surface area contributed by atoms with Gasteiger partial charge in [-0.3, -0.25) is 4.21 Å². The smallest absolute Gasteiger partial charge is 0.337 e. The van der Waals surface area contributed by atoms with Crippen molar-refractivity contribution in [1.29, 1.82) is 0 Å². The van der Waals surface area contributed by atoms with Gasteiger partial charge in [-0.25, -0.2) is 4.79 Å². The van der Waals surface area contributed by atoms with Crippen LogP contribution in [0.2, 0.25) is 5.02 Å². The third kappa shape index (κ3) is 2.45. The van der Waals surface area contributed by atoms with Gasteiger partial charge >= 0.3 is 5.97 Å². The molecular weight excluding hydrogens is 264 g/mol. The summed E-state index contributed by atoms with van der Waals surface area (Å²) in [4.78, 5) is 11.9. The van der Waals surface area contributed by atoms with Crippen LogP contribution in [0.5, 0.6) is 5.75 Å². The number of hydrogen-bond acceptors (Lipinski definition) is 4. The zero-order valence-electron chi connectivity index (χ0n) is 9.20. The fourth-order valence-corrected chi connectivity index (χ4v) is 3.15. The van der Waals surface area contributed by atoms with E-state index in [0.717, 1.165) is 0 Å². The number of fused-ring (bicyclic) bond motifs is 1. The Morgan fingerprint density at radius 3 is 3.00 bits per heavy atom. The van der Waals surface area contributed by atoms with E-state index >= 15 is 0 Å². The molecule has 0 saturated carbocycles. The molecule has 1 unspecified atom stereocenters. The highest BCUT2D eigenvalue weighted by molar-refractivity contribution is 7.85. The lowest BCUT2D eigenvalue weighted by atomic mass is 10.2. The van der Waals surface area contributed by atoms with Gasteiger partial charge in [-0.15, -0.1) is 0 Å². The Morgan fingerprint density at radius 1 is 1.53 bits per heavy atom. The molecule has 1 aromatic carbocycles. The van der Waals surface area contributed by atoms with E-state index in [1.165, 1.54) is 19.2 Å². The summed E-state index contributed by atoms with van der Waals surface area (Å²) in [5.41, 5.74) is 0.287. The maximum absolute atomic E-state index is 11.9. The number of halogens is 1. The van der Waals surface area contributed by atoms with Crippen LogP contribution in [-0.2, 0) is 15.5 Å². The number of esters is 1. The van der Waals surface area contributed by atoms with Gasteiger partial charge in [0, 0.05) is 5.75 Å². The molecule has 0 spiro atoms. The molecule has 6 heteroatoms. The lowest BCUT2D eigenvalue weighted by molar-refractivity contribution is 0.0600. The maximum atomic E-state index is 11.9. The number of rotatable bonds is 1. The normalized spacial score (nSPS) is 18.8. The van der Waals surface area contributed by atoms with Crippen molar-refractivity contribution in [1.82, 2.24) is 0 Å². The van der Waals surface area contributed by atoms with Crippen LogP contribution >= 0.6 is 11.6 Å². The molecule has 1 aromatic rings. The molecule has 92 valence electrons. The molecule has 1 aliphatic heterocycles. The lowest BCUT2D eigenvalue weighted by Crippen LogP contribution is -2.04. The topological polar surface area (TPSA) is 52.6 Å². The van der Waals surface area contributed by atoms with Gasteiger partial charge in [-0.05, 0) is 18.6 Å². The summed E-state index contributed by atoms with van der Waals surface area (Å²) >= 11 is 6.02. The predicted molar refractivity (Wildman–Crippen MR) is 64.2 cm³/mol. The standard InChI is InChI=1S/C11H11ClO4S/c1-15-11(13)7-5-8(12)10-9(6-7)17(14)4-2-3-16-10/h5-6H,2-4H2,1H3. The first-order chi connectivity index (χ1) is 8.13. The van der Waals surface area contributed by atoms with Crippen molar-refractivity contribution < 1.29 is 18.5 Å². The van der Waals surface area contributed by atoms with E-state index in [0.29, 0.717) is 29.4 Å². The maximum Gasteiger partial charge on any atom is 0.337 e. The summed E-state index contributed by atoms with van der Waals surface area (Å²) in [5, 5.41) is 0.290. The highest BCUT2D eigenvalue weighted by Gasteiger charge is 2.21. The van der Waals surface area contributed by atoms with E-state index in [4.69, 9.17) is 16.3 Å². The molecule has 0 saturated heterocycles. The molecule has 17 heavy (non-hydrogen) atoms. The van der Waals surface area contributed by atoms with Crippen LogP contribution in [0.15, 0.2) is 17.0 Å². The van der Waals surface area contributed by atoms with Crippen LogP contribution in [0.4, 0.5) is 0 Å². The third-order valence-electron chi connectivity index (χ3n) is 2.40. The Bertz CT molecular complexity index is 487. The minimum atomic E-state index is -1.19. The third-order valence-corrected chi connectivity index (χ3v) is 4.13. The average molecular weight is 275 g/mol. The first kappa shape index (κ1) is 12.4. The molecule has 0 amide bonds. The van der Waals surface area contributed by atoms with Gasteiger partial charge in [-0.1, -0.05) is 11.6 Å². The second-order valence-electron chi connectivity index (χ2n) is 3.53. The number of benzene rings is 1. The second kappa shape index (κ2) is 5.06.